The van der Waals surface area contributed by atoms with Crippen LogP contribution in [-0.4, -0.2) is 12.0 Å². The molecule has 0 unspecified atom stereocenters. The molecule has 0 radical (unpaired) electrons. The minimum absolute atomic E-state index is 0.0912. The van der Waals surface area contributed by atoms with Gasteiger partial charge >= 0.3 is 0 Å². The van der Waals surface area contributed by atoms with Crippen molar-refractivity contribution in [2.45, 2.75) is 4.90 Å². The Morgan fingerprint density at radius 1 is 1.12 bits per heavy atom. The summed E-state index contributed by atoms with van der Waals surface area (Å²) in [5.74, 6) is 0.0912. The highest BCUT2D eigenvalue weighted by atomic mass is 127. The van der Waals surface area contributed by atoms with Crippen LogP contribution in [0.5, 0.6) is 0 Å². The number of carbonyl (C=O) groups excluding carboxylic acids is 1. The summed E-state index contributed by atoms with van der Waals surface area (Å²) < 4.78 is 1.08. The van der Waals surface area contributed by atoms with Crippen molar-refractivity contribution in [3.8, 4) is 0 Å². The normalized spacial score (nSPS) is 10.2. The Morgan fingerprint density at radius 3 is 2.59 bits per heavy atom. The van der Waals surface area contributed by atoms with E-state index in [0.717, 1.165) is 19.6 Å². The van der Waals surface area contributed by atoms with Crippen molar-refractivity contribution in [2.75, 3.05) is 6.26 Å². The van der Waals surface area contributed by atoms with E-state index >= 15 is 0 Å². The fourth-order valence-corrected chi connectivity index (χ4v) is 2.76. The maximum atomic E-state index is 12.4. The molecule has 0 aliphatic carbocycles. The van der Waals surface area contributed by atoms with Crippen molar-refractivity contribution < 1.29 is 4.79 Å². The summed E-state index contributed by atoms with van der Waals surface area (Å²) in [6.07, 6.45) is 1.99. The molecule has 0 bridgehead atoms. The summed E-state index contributed by atoms with van der Waals surface area (Å²) in [4.78, 5) is 13.4. The highest BCUT2D eigenvalue weighted by Crippen LogP contribution is 2.23. The topological polar surface area (TPSA) is 17.1 Å². The molecule has 0 spiro atoms. The van der Waals surface area contributed by atoms with Gasteiger partial charge in [-0.25, -0.2) is 0 Å². The predicted molar refractivity (Wildman–Crippen MR) is 80.8 cm³/mol. The third kappa shape index (κ3) is 2.90. The maximum absolute atomic E-state index is 12.4. The minimum Gasteiger partial charge on any atom is -0.289 e. The molecule has 0 saturated heterocycles. The van der Waals surface area contributed by atoms with Crippen LogP contribution in [0.2, 0.25) is 0 Å². The quantitative estimate of drug-likeness (QED) is 0.466. The molecule has 3 heteroatoms. The van der Waals surface area contributed by atoms with Gasteiger partial charge in [-0.05, 0) is 53.1 Å². The molecule has 0 aromatic heterocycles. The van der Waals surface area contributed by atoms with E-state index in [1.54, 1.807) is 11.8 Å². The van der Waals surface area contributed by atoms with E-state index in [1.807, 2.05) is 54.8 Å². The van der Waals surface area contributed by atoms with E-state index < -0.39 is 0 Å². The molecule has 2 rings (SSSR count). The van der Waals surface area contributed by atoms with Gasteiger partial charge in [-0.1, -0.05) is 24.3 Å². The summed E-state index contributed by atoms with van der Waals surface area (Å²) in [6, 6.07) is 15.4. The van der Waals surface area contributed by atoms with Crippen LogP contribution in [-0.2, 0) is 0 Å². The lowest BCUT2D eigenvalue weighted by atomic mass is 10.0. The Bertz CT molecular complexity index is 551. The van der Waals surface area contributed by atoms with Gasteiger partial charge in [0.2, 0.25) is 0 Å². The molecular formula is C14H11IOS. The zero-order chi connectivity index (χ0) is 12.3. The molecule has 0 saturated carbocycles. The van der Waals surface area contributed by atoms with E-state index in [2.05, 4.69) is 22.6 Å². The second-order valence-corrected chi connectivity index (χ2v) is 5.63. The van der Waals surface area contributed by atoms with Crippen LogP contribution < -0.4 is 0 Å². The fourth-order valence-electron chi connectivity index (χ4n) is 1.62. The van der Waals surface area contributed by atoms with Gasteiger partial charge in [0.15, 0.2) is 5.78 Å². The van der Waals surface area contributed by atoms with Crippen LogP contribution >= 0.6 is 34.4 Å². The highest BCUT2D eigenvalue weighted by Gasteiger charge is 2.12. The van der Waals surface area contributed by atoms with E-state index in [1.165, 1.54) is 0 Å². The molecule has 1 nitrogen and oxygen atoms in total. The fraction of sp³-hybridized carbons (Fsp3) is 0.0714. The van der Waals surface area contributed by atoms with Crippen molar-refractivity contribution in [2.24, 2.45) is 0 Å². The zero-order valence-electron chi connectivity index (χ0n) is 9.31. The van der Waals surface area contributed by atoms with Gasteiger partial charge in [-0.2, -0.15) is 0 Å². The second kappa shape index (κ2) is 5.69. The number of ketones is 1. The summed E-state index contributed by atoms with van der Waals surface area (Å²) >= 11 is 3.82. The molecule has 86 valence electrons. The van der Waals surface area contributed by atoms with Crippen molar-refractivity contribution in [3.05, 3.63) is 63.2 Å². The molecule has 0 atom stereocenters. The standard InChI is InChI=1S/C14H11IOS/c1-17-13-8-3-2-7-12(13)14(16)10-5-4-6-11(15)9-10/h2-9H,1H3. The highest BCUT2D eigenvalue weighted by molar-refractivity contribution is 14.1. The van der Waals surface area contributed by atoms with E-state index in [-0.39, 0.29) is 5.78 Å². The van der Waals surface area contributed by atoms with Crippen LogP contribution in [0.3, 0.4) is 0 Å². The average Bonchev–Trinajstić information content (AvgIpc) is 2.38. The number of hydrogen-bond donors (Lipinski definition) is 0. The third-order valence-electron chi connectivity index (χ3n) is 2.44. The molecule has 0 aliphatic rings. The molecule has 0 heterocycles. The van der Waals surface area contributed by atoms with Crippen molar-refractivity contribution in [1.29, 1.82) is 0 Å². The number of thioether (sulfide) groups is 1. The monoisotopic (exact) mass is 354 g/mol. The van der Waals surface area contributed by atoms with Crippen LogP contribution in [0.15, 0.2) is 53.4 Å². The van der Waals surface area contributed by atoms with Crippen molar-refractivity contribution in [3.63, 3.8) is 0 Å². The van der Waals surface area contributed by atoms with Crippen molar-refractivity contribution in [1.82, 2.24) is 0 Å². The molecular weight excluding hydrogens is 343 g/mol. The molecule has 17 heavy (non-hydrogen) atoms. The Hall–Kier alpha value is -0.810. The average molecular weight is 354 g/mol. The van der Waals surface area contributed by atoms with Gasteiger partial charge in [-0.3, -0.25) is 4.79 Å². The number of benzene rings is 2. The van der Waals surface area contributed by atoms with Crippen LogP contribution in [0.25, 0.3) is 0 Å². The van der Waals surface area contributed by atoms with Gasteiger partial charge in [0.05, 0.1) is 0 Å². The smallest absolute Gasteiger partial charge is 0.194 e. The lowest BCUT2D eigenvalue weighted by Gasteiger charge is -2.06. The van der Waals surface area contributed by atoms with E-state index in [4.69, 9.17) is 0 Å². The molecule has 0 amide bonds. The van der Waals surface area contributed by atoms with Gasteiger partial charge in [0, 0.05) is 19.6 Å². The van der Waals surface area contributed by atoms with Gasteiger partial charge in [0.25, 0.3) is 0 Å². The Labute approximate surface area is 119 Å². The summed E-state index contributed by atoms with van der Waals surface area (Å²) in [5.41, 5.74) is 1.53. The third-order valence-corrected chi connectivity index (χ3v) is 3.91. The Kier molecular flexibility index (Phi) is 4.23. The summed E-state index contributed by atoms with van der Waals surface area (Å²) in [5, 5.41) is 0. The SMILES string of the molecule is CSc1ccccc1C(=O)c1cccc(I)c1. The minimum atomic E-state index is 0.0912. The lowest BCUT2D eigenvalue weighted by Crippen LogP contribution is -2.03. The van der Waals surface area contributed by atoms with Gasteiger partial charge in [0.1, 0.15) is 0 Å². The number of rotatable bonds is 3. The van der Waals surface area contributed by atoms with E-state index in [9.17, 15) is 4.79 Å². The van der Waals surface area contributed by atoms with Crippen LogP contribution in [0.1, 0.15) is 15.9 Å². The number of carbonyl (C=O) groups is 1. The van der Waals surface area contributed by atoms with Crippen LogP contribution in [0, 0.1) is 3.57 Å². The molecule has 2 aromatic carbocycles. The Morgan fingerprint density at radius 2 is 1.88 bits per heavy atom. The molecule has 0 N–H and O–H groups in total. The first-order valence-corrected chi connectivity index (χ1v) is 7.46. The zero-order valence-corrected chi connectivity index (χ0v) is 12.3. The first-order chi connectivity index (χ1) is 8.22. The summed E-state index contributed by atoms with van der Waals surface area (Å²) in [7, 11) is 0. The predicted octanol–water partition coefficient (Wildman–Crippen LogP) is 4.24. The molecule has 0 aliphatic heterocycles. The number of halogens is 1. The first-order valence-electron chi connectivity index (χ1n) is 5.15. The van der Waals surface area contributed by atoms with Gasteiger partial charge < -0.3 is 0 Å². The second-order valence-electron chi connectivity index (χ2n) is 3.54. The van der Waals surface area contributed by atoms with Gasteiger partial charge in [-0.15, -0.1) is 11.8 Å². The molecule has 0 fully saturated rings. The van der Waals surface area contributed by atoms with Crippen molar-refractivity contribution >= 4 is 40.1 Å². The van der Waals surface area contributed by atoms with Crippen LogP contribution in [0.4, 0.5) is 0 Å². The largest absolute Gasteiger partial charge is 0.289 e. The number of hydrogen-bond acceptors (Lipinski definition) is 2. The molecule has 2 aromatic rings. The Balaban J connectivity index is 2.44. The maximum Gasteiger partial charge on any atom is 0.194 e. The first kappa shape index (κ1) is 12.6. The lowest BCUT2D eigenvalue weighted by molar-refractivity contribution is 0.103. The van der Waals surface area contributed by atoms with E-state index in [0.29, 0.717) is 0 Å². The summed E-state index contributed by atoms with van der Waals surface area (Å²) in [6.45, 7) is 0.